The Morgan fingerprint density at radius 1 is 1.44 bits per heavy atom. The molecule has 0 aromatic carbocycles. The Hall–Kier alpha value is -1.54. The highest BCUT2D eigenvalue weighted by Crippen LogP contribution is 2.25. The molecule has 18 heavy (non-hydrogen) atoms. The van der Waals surface area contributed by atoms with Crippen LogP contribution in [0.4, 0.5) is 11.5 Å². The highest BCUT2D eigenvalue weighted by atomic mass is 35.5. The number of aromatic nitrogens is 2. The first kappa shape index (κ1) is 14.5. The van der Waals surface area contributed by atoms with Crippen molar-refractivity contribution >= 4 is 23.1 Å². The van der Waals surface area contributed by atoms with E-state index in [0.717, 1.165) is 6.54 Å². The van der Waals surface area contributed by atoms with Gasteiger partial charge in [0.15, 0.2) is 5.82 Å². The molecular formula is C12H18ClN5. The molecule has 1 rings (SSSR count). The summed E-state index contributed by atoms with van der Waals surface area (Å²) in [6.07, 6.45) is 0.423. The zero-order chi connectivity index (χ0) is 13.7. The van der Waals surface area contributed by atoms with Gasteiger partial charge in [0.2, 0.25) is 5.28 Å². The lowest BCUT2D eigenvalue weighted by molar-refractivity contribution is 0.607. The van der Waals surface area contributed by atoms with Crippen LogP contribution in [0.5, 0.6) is 0 Å². The van der Waals surface area contributed by atoms with Crippen molar-refractivity contribution in [1.29, 1.82) is 5.26 Å². The van der Waals surface area contributed by atoms with Crippen LogP contribution >= 0.6 is 11.6 Å². The Balaban J connectivity index is 3.07. The molecule has 0 saturated heterocycles. The van der Waals surface area contributed by atoms with E-state index in [0.29, 0.717) is 36.1 Å². The van der Waals surface area contributed by atoms with E-state index in [-0.39, 0.29) is 5.28 Å². The third-order valence-corrected chi connectivity index (χ3v) is 2.64. The van der Waals surface area contributed by atoms with Crippen molar-refractivity contribution in [1.82, 2.24) is 9.97 Å². The van der Waals surface area contributed by atoms with E-state index in [1.54, 1.807) is 6.92 Å². The highest BCUT2D eigenvalue weighted by Gasteiger charge is 2.16. The Morgan fingerprint density at radius 3 is 2.67 bits per heavy atom. The number of nitriles is 1. The third kappa shape index (κ3) is 3.74. The summed E-state index contributed by atoms with van der Waals surface area (Å²) < 4.78 is 0. The van der Waals surface area contributed by atoms with Crippen LogP contribution < -0.4 is 10.6 Å². The summed E-state index contributed by atoms with van der Waals surface area (Å²) in [4.78, 5) is 10.2. The second-order valence-corrected chi connectivity index (χ2v) is 4.90. The molecule has 1 heterocycles. The minimum absolute atomic E-state index is 0.183. The molecule has 0 aliphatic carbocycles. The molecule has 0 aliphatic heterocycles. The van der Waals surface area contributed by atoms with Gasteiger partial charge in [0.25, 0.3) is 0 Å². The van der Waals surface area contributed by atoms with Gasteiger partial charge in [0.1, 0.15) is 0 Å². The van der Waals surface area contributed by atoms with Crippen molar-refractivity contribution in [2.24, 2.45) is 5.92 Å². The lowest BCUT2D eigenvalue weighted by atomic mass is 10.2. The number of aryl methyl sites for hydroxylation is 1. The maximum Gasteiger partial charge on any atom is 0.224 e. The second kappa shape index (κ2) is 6.41. The van der Waals surface area contributed by atoms with E-state index < -0.39 is 0 Å². The van der Waals surface area contributed by atoms with E-state index in [1.165, 1.54) is 0 Å². The minimum atomic E-state index is 0.183. The SMILES string of the molecule is Cc1nc(Cl)nc(N(CCC#N)CC(C)C)c1N. The standard InChI is InChI=1S/C12H18ClN5/c1-8(2)7-18(6-4-5-14)11-10(15)9(3)16-12(13)17-11/h8H,4,6-7,15H2,1-3H3. The molecular weight excluding hydrogens is 250 g/mol. The number of nitrogens with zero attached hydrogens (tertiary/aromatic N) is 4. The van der Waals surface area contributed by atoms with E-state index in [4.69, 9.17) is 22.6 Å². The van der Waals surface area contributed by atoms with Gasteiger partial charge < -0.3 is 10.6 Å². The minimum Gasteiger partial charge on any atom is -0.394 e. The van der Waals surface area contributed by atoms with Gasteiger partial charge in [-0.3, -0.25) is 0 Å². The number of halogens is 1. The molecule has 0 aliphatic rings. The molecule has 0 radical (unpaired) electrons. The molecule has 6 heteroatoms. The van der Waals surface area contributed by atoms with E-state index in [1.807, 2.05) is 4.90 Å². The zero-order valence-electron chi connectivity index (χ0n) is 10.9. The maximum absolute atomic E-state index is 8.71. The molecule has 98 valence electrons. The van der Waals surface area contributed by atoms with Gasteiger partial charge in [-0.15, -0.1) is 0 Å². The fourth-order valence-electron chi connectivity index (χ4n) is 1.68. The summed E-state index contributed by atoms with van der Waals surface area (Å²) in [7, 11) is 0. The molecule has 2 N–H and O–H groups in total. The van der Waals surface area contributed by atoms with Crippen LogP contribution in [0.2, 0.25) is 5.28 Å². The third-order valence-electron chi connectivity index (χ3n) is 2.47. The molecule has 0 atom stereocenters. The van der Waals surface area contributed by atoms with E-state index >= 15 is 0 Å². The molecule has 0 saturated carbocycles. The fraction of sp³-hybridized carbons (Fsp3) is 0.583. The van der Waals surface area contributed by atoms with Gasteiger partial charge in [-0.05, 0) is 24.4 Å². The Bertz CT molecular complexity index is 453. The van der Waals surface area contributed by atoms with Crippen molar-refractivity contribution in [2.45, 2.75) is 27.2 Å². The summed E-state index contributed by atoms with van der Waals surface area (Å²) in [6.45, 7) is 7.37. The Morgan fingerprint density at radius 2 is 2.11 bits per heavy atom. The number of rotatable bonds is 5. The predicted molar refractivity (Wildman–Crippen MR) is 73.5 cm³/mol. The number of nitrogen functional groups attached to an aromatic ring is 1. The number of anilines is 2. The molecule has 1 aromatic rings. The fourth-order valence-corrected chi connectivity index (χ4v) is 1.89. The first-order valence-electron chi connectivity index (χ1n) is 5.87. The van der Waals surface area contributed by atoms with Crippen LogP contribution in [-0.2, 0) is 0 Å². The van der Waals surface area contributed by atoms with Crippen molar-refractivity contribution < 1.29 is 0 Å². The largest absolute Gasteiger partial charge is 0.394 e. The van der Waals surface area contributed by atoms with Crippen LogP contribution in [0.1, 0.15) is 26.0 Å². The lowest BCUT2D eigenvalue weighted by Gasteiger charge is -2.26. The van der Waals surface area contributed by atoms with E-state index in [9.17, 15) is 0 Å². The van der Waals surface area contributed by atoms with Crippen molar-refractivity contribution in [3.05, 3.63) is 11.0 Å². The topological polar surface area (TPSA) is 78.8 Å². The van der Waals surface area contributed by atoms with E-state index in [2.05, 4.69) is 29.9 Å². The van der Waals surface area contributed by atoms with Crippen LogP contribution in [0.25, 0.3) is 0 Å². The number of hydrogen-bond acceptors (Lipinski definition) is 5. The number of nitrogens with two attached hydrogens (primary N) is 1. The highest BCUT2D eigenvalue weighted by molar-refractivity contribution is 6.28. The summed E-state index contributed by atoms with van der Waals surface area (Å²) in [5.41, 5.74) is 7.18. The first-order chi connectivity index (χ1) is 8.45. The molecule has 1 aromatic heterocycles. The lowest BCUT2D eigenvalue weighted by Crippen LogP contribution is -2.30. The molecule has 0 spiro atoms. The van der Waals surface area contributed by atoms with Crippen LogP contribution in [0.3, 0.4) is 0 Å². The van der Waals surface area contributed by atoms with Gasteiger partial charge in [-0.1, -0.05) is 13.8 Å². The molecule has 0 amide bonds. The second-order valence-electron chi connectivity index (χ2n) is 4.56. The predicted octanol–water partition coefficient (Wildman–Crippen LogP) is 2.40. The summed E-state index contributed by atoms with van der Waals surface area (Å²) >= 11 is 5.87. The van der Waals surface area contributed by atoms with Gasteiger partial charge in [-0.25, -0.2) is 4.98 Å². The van der Waals surface area contributed by atoms with Gasteiger partial charge in [0, 0.05) is 13.1 Å². The monoisotopic (exact) mass is 267 g/mol. The average Bonchev–Trinajstić information content (AvgIpc) is 2.28. The normalized spacial score (nSPS) is 10.4. The van der Waals surface area contributed by atoms with Crippen molar-refractivity contribution in [2.75, 3.05) is 23.7 Å². The molecule has 0 unspecified atom stereocenters. The van der Waals surface area contributed by atoms with Crippen molar-refractivity contribution in [3.63, 3.8) is 0 Å². The first-order valence-corrected chi connectivity index (χ1v) is 6.25. The summed E-state index contributed by atoms with van der Waals surface area (Å²) in [6, 6.07) is 2.13. The smallest absolute Gasteiger partial charge is 0.224 e. The van der Waals surface area contributed by atoms with Gasteiger partial charge >= 0.3 is 0 Å². The van der Waals surface area contributed by atoms with Crippen LogP contribution in [0.15, 0.2) is 0 Å². The summed E-state index contributed by atoms with van der Waals surface area (Å²) in [5.74, 6) is 1.06. The van der Waals surface area contributed by atoms with Crippen LogP contribution in [0, 0.1) is 24.2 Å². The summed E-state index contributed by atoms with van der Waals surface area (Å²) in [5, 5.41) is 8.89. The maximum atomic E-state index is 8.71. The quantitative estimate of drug-likeness (QED) is 0.829. The van der Waals surface area contributed by atoms with Gasteiger partial charge in [0.05, 0.1) is 23.9 Å². The molecule has 0 bridgehead atoms. The van der Waals surface area contributed by atoms with Gasteiger partial charge in [-0.2, -0.15) is 10.2 Å². The zero-order valence-corrected chi connectivity index (χ0v) is 11.7. The molecule has 0 fully saturated rings. The number of hydrogen-bond donors (Lipinski definition) is 1. The molecule has 5 nitrogen and oxygen atoms in total. The Kier molecular flexibility index (Phi) is 5.17. The average molecular weight is 268 g/mol. The van der Waals surface area contributed by atoms with Crippen LogP contribution in [-0.4, -0.2) is 23.1 Å². The Labute approximate surface area is 113 Å². The van der Waals surface area contributed by atoms with Crippen molar-refractivity contribution in [3.8, 4) is 6.07 Å².